The Balaban J connectivity index is 1.94. The molecule has 142 valence electrons. The predicted octanol–water partition coefficient (Wildman–Crippen LogP) is 2.79. The number of fused-ring (bicyclic) bond motifs is 3. The molecule has 3 aromatic rings. The Morgan fingerprint density at radius 2 is 2.07 bits per heavy atom. The van der Waals surface area contributed by atoms with Crippen LogP contribution in [-0.2, 0) is 12.8 Å². The maximum absolute atomic E-state index is 13.6. The zero-order valence-electron chi connectivity index (χ0n) is 16.4. The van der Waals surface area contributed by atoms with Crippen molar-refractivity contribution in [3.63, 3.8) is 0 Å². The molecule has 0 saturated carbocycles. The highest BCUT2D eigenvalue weighted by atomic mass is 32.2. The van der Waals surface area contributed by atoms with Gasteiger partial charge >= 0.3 is 0 Å². The molecule has 6 heteroatoms. The van der Waals surface area contributed by atoms with Crippen LogP contribution in [0.5, 0.6) is 0 Å². The van der Waals surface area contributed by atoms with Gasteiger partial charge in [-0.25, -0.2) is 4.98 Å². The standard InChI is InChI=1S/C21H25N3OS2/c1-13-8-9-14(2)16(12-13)24-20(25)18-15-6-5-7-17(15)27-19(18)22-21(24)26-11-10-23(3)4/h8-9,12H,5-7,10-11H2,1-4H3/p+1. The molecular formula is C21H26N3OS2+. The Labute approximate surface area is 168 Å². The molecule has 2 aromatic heterocycles. The lowest BCUT2D eigenvalue weighted by molar-refractivity contribution is -0.855. The number of nitrogens with zero attached hydrogens (tertiary/aromatic N) is 2. The Hall–Kier alpha value is -1.63. The van der Waals surface area contributed by atoms with Crippen molar-refractivity contribution in [3.05, 3.63) is 50.1 Å². The zero-order valence-corrected chi connectivity index (χ0v) is 18.0. The fraction of sp³-hybridized carbons (Fsp3) is 0.429. The number of thiophene rings is 1. The largest absolute Gasteiger partial charge is 0.339 e. The van der Waals surface area contributed by atoms with Crippen LogP contribution in [0.3, 0.4) is 0 Å². The van der Waals surface area contributed by atoms with E-state index in [1.54, 1.807) is 23.1 Å². The Kier molecular flexibility index (Phi) is 5.14. The molecule has 4 nitrogen and oxygen atoms in total. The second kappa shape index (κ2) is 7.41. The number of benzene rings is 1. The maximum Gasteiger partial charge on any atom is 0.267 e. The highest BCUT2D eigenvalue weighted by Gasteiger charge is 2.24. The predicted molar refractivity (Wildman–Crippen MR) is 115 cm³/mol. The van der Waals surface area contributed by atoms with E-state index in [0.717, 1.165) is 63.7 Å². The number of rotatable bonds is 5. The summed E-state index contributed by atoms with van der Waals surface area (Å²) in [7, 11) is 4.30. The van der Waals surface area contributed by atoms with Gasteiger partial charge in [0.15, 0.2) is 5.16 Å². The van der Waals surface area contributed by atoms with Crippen LogP contribution in [0, 0.1) is 13.8 Å². The Morgan fingerprint density at radius 3 is 2.85 bits per heavy atom. The molecule has 1 aliphatic rings. The van der Waals surface area contributed by atoms with Crippen molar-refractivity contribution in [2.45, 2.75) is 38.3 Å². The molecule has 27 heavy (non-hydrogen) atoms. The normalized spacial score (nSPS) is 13.7. The molecule has 1 aromatic carbocycles. The van der Waals surface area contributed by atoms with Crippen molar-refractivity contribution in [1.82, 2.24) is 9.55 Å². The molecule has 0 radical (unpaired) electrons. The first-order valence-corrected chi connectivity index (χ1v) is 11.3. The van der Waals surface area contributed by atoms with Crippen molar-refractivity contribution in [2.75, 3.05) is 26.4 Å². The minimum Gasteiger partial charge on any atom is -0.339 e. The first-order chi connectivity index (χ1) is 13.0. The summed E-state index contributed by atoms with van der Waals surface area (Å²) in [5, 5.41) is 1.68. The lowest BCUT2D eigenvalue weighted by Crippen LogP contribution is -3.06. The quantitative estimate of drug-likeness (QED) is 0.529. The molecule has 0 fully saturated rings. The van der Waals surface area contributed by atoms with Gasteiger partial charge in [-0.3, -0.25) is 9.36 Å². The summed E-state index contributed by atoms with van der Waals surface area (Å²) >= 11 is 3.41. The average molecular weight is 401 g/mol. The van der Waals surface area contributed by atoms with E-state index in [9.17, 15) is 4.79 Å². The van der Waals surface area contributed by atoms with Crippen LogP contribution in [0.4, 0.5) is 0 Å². The van der Waals surface area contributed by atoms with Crippen LogP contribution in [0.25, 0.3) is 15.9 Å². The van der Waals surface area contributed by atoms with E-state index >= 15 is 0 Å². The zero-order chi connectivity index (χ0) is 19.1. The van der Waals surface area contributed by atoms with Gasteiger partial charge in [-0.05, 0) is 55.9 Å². The summed E-state index contributed by atoms with van der Waals surface area (Å²) in [5.41, 5.74) is 4.59. The minimum absolute atomic E-state index is 0.104. The number of hydrogen-bond acceptors (Lipinski definition) is 4. The van der Waals surface area contributed by atoms with Gasteiger partial charge in [-0.1, -0.05) is 23.9 Å². The van der Waals surface area contributed by atoms with Gasteiger partial charge in [0.05, 0.1) is 37.5 Å². The highest BCUT2D eigenvalue weighted by Crippen LogP contribution is 2.36. The third-order valence-electron chi connectivity index (χ3n) is 5.15. The number of aryl methyl sites for hydroxylation is 4. The summed E-state index contributed by atoms with van der Waals surface area (Å²) in [5.74, 6) is 0.941. The lowest BCUT2D eigenvalue weighted by Gasteiger charge is -2.15. The summed E-state index contributed by atoms with van der Waals surface area (Å²) < 4.78 is 1.87. The second-order valence-corrected chi connectivity index (χ2v) is 9.81. The van der Waals surface area contributed by atoms with E-state index < -0.39 is 0 Å². The SMILES string of the molecule is Cc1ccc(C)c(-n2c(SCC[NH+](C)C)nc3sc4c(c3c2=O)CCC4)c1. The highest BCUT2D eigenvalue weighted by molar-refractivity contribution is 7.99. The number of hydrogen-bond donors (Lipinski definition) is 1. The Bertz CT molecular complexity index is 1070. The third kappa shape index (κ3) is 3.46. The van der Waals surface area contributed by atoms with Gasteiger partial charge < -0.3 is 4.90 Å². The number of quaternary nitrogens is 1. The van der Waals surface area contributed by atoms with Gasteiger partial charge in [-0.2, -0.15) is 0 Å². The van der Waals surface area contributed by atoms with E-state index in [4.69, 9.17) is 4.98 Å². The second-order valence-electron chi connectivity index (χ2n) is 7.67. The summed E-state index contributed by atoms with van der Waals surface area (Å²) in [6, 6.07) is 6.30. The summed E-state index contributed by atoms with van der Waals surface area (Å²) in [6.07, 6.45) is 3.25. The van der Waals surface area contributed by atoms with Gasteiger partial charge in [0.2, 0.25) is 0 Å². The Morgan fingerprint density at radius 1 is 1.26 bits per heavy atom. The molecule has 0 saturated heterocycles. The van der Waals surface area contributed by atoms with Crippen LogP contribution < -0.4 is 10.5 Å². The van der Waals surface area contributed by atoms with E-state index in [0.29, 0.717) is 0 Å². The number of nitrogens with one attached hydrogen (secondary N) is 1. The maximum atomic E-state index is 13.6. The molecule has 0 atom stereocenters. The van der Waals surface area contributed by atoms with Gasteiger partial charge in [0.25, 0.3) is 5.56 Å². The van der Waals surface area contributed by atoms with Crippen molar-refractivity contribution >= 4 is 33.3 Å². The van der Waals surface area contributed by atoms with E-state index in [1.807, 2.05) is 4.57 Å². The smallest absolute Gasteiger partial charge is 0.267 e. The van der Waals surface area contributed by atoms with E-state index in [2.05, 4.69) is 46.1 Å². The molecule has 1 N–H and O–H groups in total. The topological polar surface area (TPSA) is 39.3 Å². The van der Waals surface area contributed by atoms with Crippen LogP contribution in [0.2, 0.25) is 0 Å². The fourth-order valence-electron chi connectivity index (χ4n) is 3.64. The number of thioether (sulfide) groups is 1. The molecule has 1 aliphatic carbocycles. The summed E-state index contributed by atoms with van der Waals surface area (Å²) in [6.45, 7) is 5.18. The van der Waals surface area contributed by atoms with Gasteiger partial charge in [-0.15, -0.1) is 11.3 Å². The van der Waals surface area contributed by atoms with Gasteiger partial charge in [0, 0.05) is 4.88 Å². The van der Waals surface area contributed by atoms with Crippen molar-refractivity contribution in [2.24, 2.45) is 0 Å². The monoisotopic (exact) mass is 400 g/mol. The van der Waals surface area contributed by atoms with Crippen molar-refractivity contribution < 1.29 is 4.90 Å². The first-order valence-electron chi connectivity index (χ1n) is 9.52. The van der Waals surface area contributed by atoms with Gasteiger partial charge in [0.1, 0.15) is 4.83 Å². The molecule has 4 rings (SSSR count). The molecule has 2 heterocycles. The minimum atomic E-state index is 0.104. The van der Waals surface area contributed by atoms with Crippen LogP contribution in [0.1, 0.15) is 28.0 Å². The summed E-state index contributed by atoms with van der Waals surface area (Å²) in [4.78, 5) is 22.3. The molecule has 0 amide bonds. The van der Waals surface area contributed by atoms with Crippen molar-refractivity contribution in [1.29, 1.82) is 0 Å². The molecule has 0 spiro atoms. The third-order valence-corrected chi connectivity index (χ3v) is 7.27. The lowest BCUT2D eigenvalue weighted by atomic mass is 10.1. The fourth-order valence-corrected chi connectivity index (χ4v) is 6.11. The van der Waals surface area contributed by atoms with Crippen LogP contribution >= 0.6 is 23.1 Å². The molecular weight excluding hydrogens is 374 g/mol. The average Bonchev–Trinajstić information content (AvgIpc) is 3.18. The van der Waals surface area contributed by atoms with Crippen LogP contribution in [-0.4, -0.2) is 35.9 Å². The molecule has 0 unspecified atom stereocenters. The molecule has 0 aliphatic heterocycles. The number of aromatic nitrogens is 2. The van der Waals surface area contributed by atoms with E-state index in [1.165, 1.54) is 15.3 Å². The van der Waals surface area contributed by atoms with Crippen LogP contribution in [0.15, 0.2) is 28.2 Å². The molecule has 0 bridgehead atoms. The van der Waals surface area contributed by atoms with Crippen molar-refractivity contribution in [3.8, 4) is 5.69 Å². The van der Waals surface area contributed by atoms with E-state index in [-0.39, 0.29) is 5.56 Å². The first kappa shape index (κ1) is 18.7.